The number of hydrogen-bond acceptors (Lipinski definition) is 2. The van der Waals surface area contributed by atoms with Gasteiger partial charge in [0, 0.05) is 31.8 Å². The van der Waals surface area contributed by atoms with Crippen LogP contribution in [0.15, 0.2) is 0 Å². The van der Waals surface area contributed by atoms with E-state index in [-0.39, 0.29) is 24.7 Å². The summed E-state index contributed by atoms with van der Waals surface area (Å²) in [6.45, 7) is 2.64. The van der Waals surface area contributed by atoms with E-state index in [2.05, 4.69) is 5.32 Å². The van der Waals surface area contributed by atoms with E-state index >= 15 is 0 Å². The number of piperidine rings is 1. The first-order valence-electron chi connectivity index (χ1n) is 7.83. The van der Waals surface area contributed by atoms with Gasteiger partial charge >= 0.3 is 0 Å². The molecule has 0 atom stereocenters. The van der Waals surface area contributed by atoms with Gasteiger partial charge in [0.2, 0.25) is 11.8 Å². The molecular weight excluding hydrogens is 262 g/mol. The molecular formula is C15H26F2N2O. The summed E-state index contributed by atoms with van der Waals surface area (Å²) < 4.78 is 26.2. The van der Waals surface area contributed by atoms with Crippen LogP contribution in [0, 0.1) is 11.8 Å². The lowest BCUT2D eigenvalue weighted by Gasteiger charge is -2.36. The summed E-state index contributed by atoms with van der Waals surface area (Å²) in [6, 6.07) is 0. The maximum atomic E-state index is 13.1. The zero-order valence-electron chi connectivity index (χ0n) is 12.3. The van der Waals surface area contributed by atoms with Crippen molar-refractivity contribution in [1.82, 2.24) is 10.2 Å². The van der Waals surface area contributed by atoms with Crippen LogP contribution in [-0.2, 0) is 4.79 Å². The molecule has 1 heterocycles. The molecule has 2 rings (SSSR count). The first-order chi connectivity index (χ1) is 9.52. The molecule has 20 heavy (non-hydrogen) atoms. The fourth-order valence-corrected chi connectivity index (χ4v) is 3.34. The highest BCUT2D eigenvalue weighted by Gasteiger charge is 2.39. The lowest BCUT2D eigenvalue weighted by molar-refractivity contribution is -0.141. The van der Waals surface area contributed by atoms with Gasteiger partial charge in [-0.05, 0) is 51.6 Å². The number of amides is 1. The van der Waals surface area contributed by atoms with E-state index in [9.17, 15) is 13.6 Å². The second kappa shape index (κ2) is 6.83. The highest BCUT2D eigenvalue weighted by atomic mass is 19.3. The molecule has 5 heteroatoms. The van der Waals surface area contributed by atoms with Crippen molar-refractivity contribution in [1.29, 1.82) is 0 Å². The molecule has 0 bridgehead atoms. The van der Waals surface area contributed by atoms with Crippen molar-refractivity contribution in [3.05, 3.63) is 0 Å². The van der Waals surface area contributed by atoms with E-state index in [4.69, 9.17) is 0 Å². The second-order valence-electron chi connectivity index (χ2n) is 6.29. The predicted molar refractivity (Wildman–Crippen MR) is 74.8 cm³/mol. The fraction of sp³-hybridized carbons (Fsp3) is 0.933. The maximum absolute atomic E-state index is 13.1. The molecule has 1 aliphatic carbocycles. The third-order valence-corrected chi connectivity index (χ3v) is 4.80. The summed E-state index contributed by atoms with van der Waals surface area (Å²) in [4.78, 5) is 14.3. The van der Waals surface area contributed by atoms with Crippen molar-refractivity contribution in [2.45, 2.75) is 50.9 Å². The Balaban J connectivity index is 1.75. The van der Waals surface area contributed by atoms with E-state index in [0.717, 1.165) is 38.9 Å². The summed E-state index contributed by atoms with van der Waals surface area (Å²) in [7, 11) is 1.96. The number of nitrogens with one attached hydrogen (secondary N) is 1. The third kappa shape index (κ3) is 4.14. The Labute approximate surface area is 120 Å². The van der Waals surface area contributed by atoms with Gasteiger partial charge in [-0.25, -0.2) is 8.78 Å². The number of alkyl halides is 2. The number of rotatable bonds is 4. The van der Waals surface area contributed by atoms with E-state index in [0.29, 0.717) is 18.8 Å². The smallest absolute Gasteiger partial charge is 0.248 e. The van der Waals surface area contributed by atoms with Crippen LogP contribution in [-0.4, -0.2) is 43.4 Å². The van der Waals surface area contributed by atoms with Gasteiger partial charge < -0.3 is 10.2 Å². The van der Waals surface area contributed by atoms with Crippen molar-refractivity contribution >= 4 is 5.91 Å². The molecule has 0 aromatic rings. The van der Waals surface area contributed by atoms with Gasteiger partial charge in [-0.2, -0.15) is 0 Å². The minimum atomic E-state index is -2.54. The Kier molecular flexibility index (Phi) is 5.35. The van der Waals surface area contributed by atoms with E-state index in [1.165, 1.54) is 0 Å². The molecule has 116 valence electrons. The third-order valence-electron chi connectivity index (χ3n) is 4.80. The van der Waals surface area contributed by atoms with Crippen molar-refractivity contribution in [2.75, 3.05) is 26.7 Å². The fourth-order valence-electron chi connectivity index (χ4n) is 3.34. The molecule has 0 unspecified atom stereocenters. The Morgan fingerprint density at radius 1 is 1.20 bits per heavy atom. The molecule has 0 aromatic heterocycles. The molecule has 1 amide bonds. The van der Waals surface area contributed by atoms with Gasteiger partial charge in [-0.15, -0.1) is 0 Å². The highest BCUT2D eigenvalue weighted by molar-refractivity contribution is 5.79. The molecule has 1 saturated carbocycles. The van der Waals surface area contributed by atoms with Crippen molar-refractivity contribution in [3.8, 4) is 0 Å². The van der Waals surface area contributed by atoms with Crippen molar-refractivity contribution in [2.24, 2.45) is 11.8 Å². The molecule has 1 aliphatic heterocycles. The van der Waals surface area contributed by atoms with Gasteiger partial charge in [0.25, 0.3) is 0 Å². The minimum Gasteiger partial charge on any atom is -0.342 e. The number of nitrogens with zero attached hydrogens (tertiary/aromatic N) is 1. The Morgan fingerprint density at radius 2 is 1.80 bits per heavy atom. The lowest BCUT2D eigenvalue weighted by Crippen LogP contribution is -2.43. The van der Waals surface area contributed by atoms with E-state index < -0.39 is 5.92 Å². The van der Waals surface area contributed by atoms with Crippen LogP contribution >= 0.6 is 0 Å². The maximum Gasteiger partial charge on any atom is 0.248 e. The van der Waals surface area contributed by atoms with Crippen LogP contribution in [0.1, 0.15) is 44.9 Å². The molecule has 1 N–H and O–H groups in total. The first-order valence-corrected chi connectivity index (χ1v) is 7.83. The standard InChI is InChI=1S/C15H26F2N2O/c1-18-9-4-12-5-10-19(11-6-12)14(20)13-2-7-15(16,17)8-3-13/h12-13,18H,2-11H2,1H3. The Bertz CT molecular complexity index is 318. The van der Waals surface area contributed by atoms with Gasteiger partial charge in [0.15, 0.2) is 0 Å². The molecule has 1 saturated heterocycles. The monoisotopic (exact) mass is 288 g/mol. The summed E-state index contributed by atoms with van der Waals surface area (Å²) in [5.74, 6) is -1.89. The summed E-state index contributed by atoms with van der Waals surface area (Å²) in [5.41, 5.74) is 0. The van der Waals surface area contributed by atoms with E-state index in [1.807, 2.05) is 11.9 Å². The van der Waals surface area contributed by atoms with Gasteiger partial charge in [-0.3, -0.25) is 4.79 Å². The van der Waals surface area contributed by atoms with Crippen LogP contribution in [0.4, 0.5) is 8.78 Å². The van der Waals surface area contributed by atoms with Crippen molar-refractivity contribution < 1.29 is 13.6 Å². The number of carbonyl (C=O) groups excluding carboxylic acids is 1. The SMILES string of the molecule is CNCCC1CCN(C(=O)C2CCC(F)(F)CC2)CC1. The van der Waals surface area contributed by atoms with Crippen molar-refractivity contribution in [3.63, 3.8) is 0 Å². The highest BCUT2D eigenvalue weighted by Crippen LogP contribution is 2.37. The lowest BCUT2D eigenvalue weighted by atomic mass is 9.85. The molecule has 0 radical (unpaired) electrons. The van der Waals surface area contributed by atoms with Crippen LogP contribution in [0.5, 0.6) is 0 Å². The van der Waals surface area contributed by atoms with Gasteiger partial charge in [-0.1, -0.05) is 0 Å². The zero-order valence-corrected chi connectivity index (χ0v) is 12.3. The average molecular weight is 288 g/mol. The first kappa shape index (κ1) is 15.7. The largest absolute Gasteiger partial charge is 0.342 e. The Hall–Kier alpha value is -0.710. The number of likely N-dealkylation sites (tertiary alicyclic amines) is 1. The molecule has 0 aromatic carbocycles. The summed E-state index contributed by atoms with van der Waals surface area (Å²) in [6.07, 6.45) is 3.72. The van der Waals surface area contributed by atoms with Crippen LogP contribution in [0.25, 0.3) is 0 Å². The molecule has 2 aliphatic rings. The number of carbonyl (C=O) groups is 1. The number of halogens is 2. The summed E-state index contributed by atoms with van der Waals surface area (Å²) >= 11 is 0. The Morgan fingerprint density at radius 3 is 2.35 bits per heavy atom. The van der Waals surface area contributed by atoms with Crippen LogP contribution in [0.2, 0.25) is 0 Å². The zero-order chi connectivity index (χ0) is 14.6. The molecule has 3 nitrogen and oxygen atoms in total. The molecule has 2 fully saturated rings. The second-order valence-corrected chi connectivity index (χ2v) is 6.29. The molecule has 0 spiro atoms. The minimum absolute atomic E-state index is 0.118. The quantitative estimate of drug-likeness (QED) is 0.862. The van der Waals surface area contributed by atoms with Crippen LogP contribution < -0.4 is 5.32 Å². The summed E-state index contributed by atoms with van der Waals surface area (Å²) in [5, 5.41) is 3.16. The van der Waals surface area contributed by atoms with Gasteiger partial charge in [0.1, 0.15) is 0 Å². The average Bonchev–Trinajstić information content (AvgIpc) is 2.45. The predicted octanol–water partition coefficient (Wildman–Crippen LogP) is 2.66. The normalized spacial score (nSPS) is 24.9. The topological polar surface area (TPSA) is 32.3 Å². The van der Waals surface area contributed by atoms with Crippen LogP contribution in [0.3, 0.4) is 0 Å². The van der Waals surface area contributed by atoms with Gasteiger partial charge in [0.05, 0.1) is 0 Å². The number of hydrogen-bond donors (Lipinski definition) is 1. The van der Waals surface area contributed by atoms with E-state index in [1.54, 1.807) is 0 Å².